The third kappa shape index (κ3) is 2.17. The summed E-state index contributed by atoms with van der Waals surface area (Å²) in [5.41, 5.74) is 1.56. The highest BCUT2D eigenvalue weighted by molar-refractivity contribution is 6.03. The van der Waals surface area contributed by atoms with E-state index in [-0.39, 0.29) is 5.97 Å². The Morgan fingerprint density at radius 2 is 2.24 bits per heavy atom. The van der Waals surface area contributed by atoms with Crippen LogP contribution in [0.3, 0.4) is 0 Å². The largest absolute Gasteiger partial charge is 0.465 e. The van der Waals surface area contributed by atoms with Gasteiger partial charge in [0.2, 0.25) is 0 Å². The van der Waals surface area contributed by atoms with Crippen molar-refractivity contribution in [3.63, 3.8) is 0 Å². The number of para-hydroxylation sites is 1. The second-order valence-electron chi connectivity index (χ2n) is 3.85. The molecule has 2 aromatic rings. The Morgan fingerprint density at radius 3 is 2.94 bits per heavy atom. The van der Waals surface area contributed by atoms with Gasteiger partial charge in [-0.25, -0.2) is 4.79 Å². The Hall–Kier alpha value is -1.81. The van der Waals surface area contributed by atoms with Gasteiger partial charge in [0.25, 0.3) is 0 Å². The molecule has 0 aliphatic heterocycles. The molecule has 1 aromatic heterocycles. The highest BCUT2D eigenvalue weighted by Crippen LogP contribution is 2.20. The molecule has 17 heavy (non-hydrogen) atoms. The number of nitrogens with zero attached hydrogens (tertiary/aromatic N) is 1. The number of hydrogen-bond donors (Lipinski definition) is 1. The molecule has 0 aliphatic carbocycles. The fraction of sp³-hybridized carbons (Fsp3) is 0.308. The number of carbonyl (C=O) groups is 1. The normalized spacial score (nSPS) is 10.7. The third-order valence-corrected chi connectivity index (χ3v) is 2.80. The standard InChI is InChI=1S/C13H16N2O2/c1-14-7-9-15-8-6-10-4-3-5-11(12(10)15)13(16)17-2/h3-6,8,14H,7,9H2,1-2H3. The van der Waals surface area contributed by atoms with E-state index in [1.807, 2.05) is 31.4 Å². The van der Waals surface area contributed by atoms with Gasteiger partial charge in [-0.15, -0.1) is 0 Å². The molecule has 0 unspecified atom stereocenters. The molecule has 0 bridgehead atoms. The Kier molecular flexibility index (Phi) is 3.44. The number of benzene rings is 1. The first kappa shape index (κ1) is 11.7. The molecule has 0 fully saturated rings. The van der Waals surface area contributed by atoms with E-state index in [0.717, 1.165) is 24.0 Å². The fourth-order valence-electron chi connectivity index (χ4n) is 1.95. The molecule has 0 saturated carbocycles. The predicted molar refractivity (Wildman–Crippen MR) is 67.2 cm³/mol. The van der Waals surface area contributed by atoms with Crippen molar-refractivity contribution in [1.82, 2.24) is 9.88 Å². The lowest BCUT2D eigenvalue weighted by atomic mass is 10.1. The van der Waals surface area contributed by atoms with Crippen molar-refractivity contribution in [3.05, 3.63) is 36.0 Å². The maximum atomic E-state index is 11.7. The van der Waals surface area contributed by atoms with Crippen LogP contribution in [0.15, 0.2) is 30.5 Å². The summed E-state index contributed by atoms with van der Waals surface area (Å²) in [5.74, 6) is -0.292. The summed E-state index contributed by atoms with van der Waals surface area (Å²) in [5, 5.41) is 4.16. The molecular weight excluding hydrogens is 216 g/mol. The van der Waals surface area contributed by atoms with Gasteiger partial charge < -0.3 is 14.6 Å². The van der Waals surface area contributed by atoms with E-state index in [4.69, 9.17) is 4.74 Å². The SMILES string of the molecule is CNCCn1ccc2cccc(C(=O)OC)c21. The topological polar surface area (TPSA) is 43.3 Å². The van der Waals surface area contributed by atoms with E-state index in [2.05, 4.69) is 9.88 Å². The van der Waals surface area contributed by atoms with Gasteiger partial charge in [0.1, 0.15) is 0 Å². The first-order valence-electron chi connectivity index (χ1n) is 5.58. The molecule has 1 N–H and O–H groups in total. The number of methoxy groups -OCH3 is 1. The van der Waals surface area contributed by atoms with E-state index in [1.165, 1.54) is 7.11 Å². The molecule has 0 radical (unpaired) electrons. The number of nitrogens with one attached hydrogen (secondary N) is 1. The summed E-state index contributed by atoms with van der Waals surface area (Å²) in [6.45, 7) is 1.69. The fourth-order valence-corrected chi connectivity index (χ4v) is 1.95. The Labute approximate surface area is 100 Å². The monoisotopic (exact) mass is 232 g/mol. The number of carbonyl (C=O) groups excluding carboxylic acids is 1. The van der Waals surface area contributed by atoms with Gasteiger partial charge in [0.15, 0.2) is 0 Å². The van der Waals surface area contributed by atoms with Crippen LogP contribution in [0.25, 0.3) is 10.9 Å². The lowest BCUT2D eigenvalue weighted by molar-refractivity contribution is 0.0602. The quantitative estimate of drug-likeness (QED) is 0.815. The van der Waals surface area contributed by atoms with Crippen LogP contribution in [-0.2, 0) is 11.3 Å². The van der Waals surface area contributed by atoms with Crippen molar-refractivity contribution >= 4 is 16.9 Å². The van der Waals surface area contributed by atoms with Gasteiger partial charge in [-0.05, 0) is 19.2 Å². The Bertz CT molecular complexity index is 531. The maximum Gasteiger partial charge on any atom is 0.340 e. The van der Waals surface area contributed by atoms with Crippen molar-refractivity contribution in [2.45, 2.75) is 6.54 Å². The molecule has 0 amide bonds. The van der Waals surface area contributed by atoms with Crippen LogP contribution >= 0.6 is 0 Å². The van der Waals surface area contributed by atoms with Crippen LogP contribution in [-0.4, -0.2) is 31.2 Å². The van der Waals surface area contributed by atoms with Gasteiger partial charge in [-0.3, -0.25) is 0 Å². The minimum Gasteiger partial charge on any atom is -0.465 e. The molecule has 1 aromatic carbocycles. The lowest BCUT2D eigenvalue weighted by Crippen LogP contribution is -2.15. The molecule has 0 saturated heterocycles. The number of likely N-dealkylation sites (N-methyl/N-ethyl adjacent to an activating group) is 1. The van der Waals surface area contributed by atoms with E-state index in [1.54, 1.807) is 6.07 Å². The van der Waals surface area contributed by atoms with Gasteiger partial charge in [-0.1, -0.05) is 12.1 Å². The summed E-state index contributed by atoms with van der Waals surface area (Å²) in [6, 6.07) is 7.68. The van der Waals surface area contributed by atoms with Crippen LogP contribution in [0, 0.1) is 0 Å². The summed E-state index contributed by atoms with van der Waals surface area (Å²) >= 11 is 0. The van der Waals surface area contributed by atoms with E-state index < -0.39 is 0 Å². The number of ether oxygens (including phenoxy) is 1. The first-order valence-corrected chi connectivity index (χ1v) is 5.58. The third-order valence-electron chi connectivity index (χ3n) is 2.80. The smallest absolute Gasteiger partial charge is 0.340 e. The van der Waals surface area contributed by atoms with Crippen molar-refractivity contribution in [2.75, 3.05) is 20.7 Å². The molecule has 0 atom stereocenters. The van der Waals surface area contributed by atoms with Crippen LogP contribution in [0.2, 0.25) is 0 Å². The first-order chi connectivity index (χ1) is 8.27. The minimum atomic E-state index is -0.292. The van der Waals surface area contributed by atoms with Crippen LogP contribution in [0.4, 0.5) is 0 Å². The van der Waals surface area contributed by atoms with Crippen molar-refractivity contribution in [1.29, 1.82) is 0 Å². The second kappa shape index (κ2) is 5.01. The Morgan fingerprint density at radius 1 is 1.41 bits per heavy atom. The highest BCUT2D eigenvalue weighted by Gasteiger charge is 2.13. The summed E-state index contributed by atoms with van der Waals surface area (Å²) in [7, 11) is 3.31. The van der Waals surface area contributed by atoms with Gasteiger partial charge in [0.05, 0.1) is 18.2 Å². The molecule has 1 heterocycles. The summed E-state index contributed by atoms with van der Waals surface area (Å²) < 4.78 is 6.87. The van der Waals surface area contributed by atoms with E-state index in [0.29, 0.717) is 5.56 Å². The van der Waals surface area contributed by atoms with Crippen molar-refractivity contribution < 1.29 is 9.53 Å². The molecular formula is C13H16N2O2. The predicted octanol–water partition coefficient (Wildman–Crippen LogP) is 1.65. The summed E-state index contributed by atoms with van der Waals surface area (Å²) in [4.78, 5) is 11.7. The number of rotatable bonds is 4. The average molecular weight is 232 g/mol. The van der Waals surface area contributed by atoms with Crippen molar-refractivity contribution in [3.8, 4) is 0 Å². The lowest BCUT2D eigenvalue weighted by Gasteiger charge is -2.08. The Balaban J connectivity index is 2.51. The number of esters is 1. The number of aromatic nitrogens is 1. The number of fused-ring (bicyclic) bond motifs is 1. The minimum absolute atomic E-state index is 0.292. The molecule has 4 nitrogen and oxygen atoms in total. The molecule has 0 spiro atoms. The molecule has 0 aliphatic rings. The number of hydrogen-bond acceptors (Lipinski definition) is 3. The highest BCUT2D eigenvalue weighted by atomic mass is 16.5. The maximum absolute atomic E-state index is 11.7. The zero-order valence-corrected chi connectivity index (χ0v) is 10.1. The zero-order chi connectivity index (χ0) is 12.3. The molecule has 90 valence electrons. The zero-order valence-electron chi connectivity index (χ0n) is 10.1. The van der Waals surface area contributed by atoms with Crippen molar-refractivity contribution in [2.24, 2.45) is 0 Å². The van der Waals surface area contributed by atoms with E-state index >= 15 is 0 Å². The van der Waals surface area contributed by atoms with Crippen LogP contribution in [0.1, 0.15) is 10.4 Å². The average Bonchev–Trinajstić information content (AvgIpc) is 2.78. The molecule has 4 heteroatoms. The van der Waals surface area contributed by atoms with Crippen LogP contribution < -0.4 is 5.32 Å². The molecule has 2 rings (SSSR count). The van der Waals surface area contributed by atoms with Gasteiger partial charge >= 0.3 is 5.97 Å². The van der Waals surface area contributed by atoms with Crippen LogP contribution in [0.5, 0.6) is 0 Å². The van der Waals surface area contributed by atoms with E-state index in [9.17, 15) is 4.79 Å². The van der Waals surface area contributed by atoms with Gasteiger partial charge in [0, 0.05) is 24.7 Å². The summed E-state index contributed by atoms with van der Waals surface area (Å²) in [6.07, 6.45) is 1.99. The second-order valence-corrected chi connectivity index (χ2v) is 3.85. The van der Waals surface area contributed by atoms with Gasteiger partial charge in [-0.2, -0.15) is 0 Å².